The molecule has 1 fully saturated rings. The number of methoxy groups -OCH3 is 1. The summed E-state index contributed by atoms with van der Waals surface area (Å²) in [5, 5.41) is 2.76. The van der Waals surface area contributed by atoms with Crippen LogP contribution in [0, 0.1) is 0 Å². The number of anilines is 1. The molecule has 1 amide bonds. The van der Waals surface area contributed by atoms with Gasteiger partial charge in [-0.2, -0.15) is 0 Å². The Kier molecular flexibility index (Phi) is 7.58. The first-order valence-corrected chi connectivity index (χ1v) is 12.4. The number of ether oxygens (including phenoxy) is 2. The van der Waals surface area contributed by atoms with Crippen molar-refractivity contribution >= 4 is 30.7 Å². The zero-order chi connectivity index (χ0) is 25.0. The maximum atomic E-state index is 12.9. The monoisotopic (exact) mass is 503 g/mol. The quantitative estimate of drug-likeness (QED) is 0.408. The van der Waals surface area contributed by atoms with Crippen LogP contribution in [0.15, 0.2) is 55.3 Å². The number of hydrogen-bond acceptors (Lipinski definition) is 10. The van der Waals surface area contributed by atoms with Crippen molar-refractivity contribution in [2.24, 2.45) is 0 Å². The molecule has 0 saturated carbocycles. The van der Waals surface area contributed by atoms with Crippen LogP contribution in [0.3, 0.4) is 0 Å². The number of rotatable bonds is 10. The van der Waals surface area contributed by atoms with Gasteiger partial charge in [0.2, 0.25) is 6.23 Å². The molecule has 3 aromatic rings. The lowest BCUT2D eigenvalue weighted by molar-refractivity contribution is -0.0414. The van der Waals surface area contributed by atoms with Crippen LogP contribution in [0.5, 0.6) is 0 Å². The zero-order valence-corrected chi connectivity index (χ0v) is 20.4. The number of benzene rings is 1. The van der Waals surface area contributed by atoms with Crippen LogP contribution in [-0.4, -0.2) is 58.0 Å². The number of phosphoric acid groups is 1. The van der Waals surface area contributed by atoms with Gasteiger partial charge in [0.15, 0.2) is 23.1 Å². The number of imidazole rings is 1. The summed E-state index contributed by atoms with van der Waals surface area (Å²) in [6, 6.07) is 8.74. The Bertz CT molecular complexity index is 1240. The lowest BCUT2D eigenvalue weighted by Crippen LogP contribution is -2.32. The largest absolute Gasteiger partial charge is 0.475 e. The molecular weight excluding hydrogens is 477 g/mol. The maximum Gasteiger partial charge on any atom is 0.475 e. The van der Waals surface area contributed by atoms with Crippen molar-refractivity contribution in [3.8, 4) is 0 Å². The van der Waals surface area contributed by atoms with E-state index in [2.05, 4.69) is 26.8 Å². The fraction of sp³-hybridized carbons (Fsp3) is 0.364. The van der Waals surface area contributed by atoms with Crippen LogP contribution in [0.1, 0.15) is 30.4 Å². The van der Waals surface area contributed by atoms with Gasteiger partial charge in [-0.1, -0.05) is 24.8 Å². The molecule has 1 aromatic carbocycles. The summed E-state index contributed by atoms with van der Waals surface area (Å²) < 4.78 is 42.3. The third-order valence-electron chi connectivity index (χ3n) is 5.16. The van der Waals surface area contributed by atoms with E-state index in [1.54, 1.807) is 42.7 Å². The highest BCUT2D eigenvalue weighted by Gasteiger charge is 2.48. The summed E-state index contributed by atoms with van der Waals surface area (Å²) in [5.74, 6) is 0.0739. The number of aromatic nitrogens is 4. The van der Waals surface area contributed by atoms with Gasteiger partial charge >= 0.3 is 7.82 Å². The normalized spacial score (nSPS) is 20.2. The molecule has 12 nitrogen and oxygen atoms in total. The first-order chi connectivity index (χ1) is 16.9. The molecule has 1 aliphatic heterocycles. The molecule has 0 aliphatic carbocycles. The average molecular weight is 503 g/mol. The second kappa shape index (κ2) is 10.6. The molecule has 3 heterocycles. The number of nitrogens with one attached hydrogen (secondary N) is 1. The minimum Gasteiger partial charge on any atom is -0.469 e. The summed E-state index contributed by atoms with van der Waals surface area (Å²) in [6.45, 7) is 7.49. The Balaban J connectivity index is 1.62. The molecule has 3 atom stereocenters. The van der Waals surface area contributed by atoms with E-state index < -0.39 is 26.3 Å². The van der Waals surface area contributed by atoms with Crippen LogP contribution in [0.4, 0.5) is 5.82 Å². The van der Waals surface area contributed by atoms with Crippen molar-refractivity contribution in [2.75, 3.05) is 25.6 Å². The van der Waals surface area contributed by atoms with Gasteiger partial charge in [-0.3, -0.25) is 22.9 Å². The van der Waals surface area contributed by atoms with Crippen LogP contribution >= 0.6 is 7.82 Å². The van der Waals surface area contributed by atoms with E-state index in [9.17, 15) is 9.36 Å². The summed E-state index contributed by atoms with van der Waals surface area (Å²) in [4.78, 5) is 25.5. The number of nitrogens with zero attached hydrogens (tertiary/aromatic N) is 4. The van der Waals surface area contributed by atoms with E-state index in [1.807, 2.05) is 6.07 Å². The van der Waals surface area contributed by atoms with E-state index in [0.717, 1.165) is 0 Å². The number of carbonyl (C=O) groups excluding carboxylic acids is 1. The molecule has 1 saturated heterocycles. The van der Waals surface area contributed by atoms with Gasteiger partial charge in [0.05, 0.1) is 13.2 Å². The Morgan fingerprint density at radius 2 is 1.89 bits per heavy atom. The number of carbonyl (C=O) groups is 1. The minimum atomic E-state index is -3.88. The van der Waals surface area contributed by atoms with Gasteiger partial charge < -0.3 is 14.8 Å². The second-order valence-corrected chi connectivity index (χ2v) is 8.97. The number of amides is 1. The van der Waals surface area contributed by atoms with Crippen molar-refractivity contribution < 1.29 is 32.4 Å². The smallest absolute Gasteiger partial charge is 0.469 e. The highest BCUT2D eigenvalue weighted by molar-refractivity contribution is 7.48. The van der Waals surface area contributed by atoms with E-state index in [4.69, 9.17) is 23.0 Å². The number of hydrogen-bond donors (Lipinski definition) is 1. The highest BCUT2D eigenvalue weighted by Crippen LogP contribution is 2.53. The fourth-order valence-electron chi connectivity index (χ4n) is 3.65. The van der Waals surface area contributed by atoms with Gasteiger partial charge in [0.1, 0.15) is 24.5 Å². The Hall–Kier alpha value is -3.15. The predicted octanol–water partition coefficient (Wildman–Crippen LogP) is 3.70. The summed E-state index contributed by atoms with van der Waals surface area (Å²) in [5.41, 5.74) is 1.20. The van der Waals surface area contributed by atoms with Crippen LogP contribution in [-0.2, 0) is 27.6 Å². The van der Waals surface area contributed by atoms with Crippen molar-refractivity contribution in [3.63, 3.8) is 0 Å². The molecule has 4 rings (SSSR count). The highest BCUT2D eigenvalue weighted by atomic mass is 31.2. The van der Waals surface area contributed by atoms with Crippen LogP contribution in [0.25, 0.3) is 11.2 Å². The molecule has 1 aliphatic rings. The first kappa shape index (κ1) is 25.0. The molecule has 0 radical (unpaired) electrons. The van der Waals surface area contributed by atoms with Crippen LogP contribution < -0.4 is 5.32 Å². The third kappa shape index (κ3) is 5.12. The molecule has 35 heavy (non-hydrogen) atoms. The third-order valence-corrected chi connectivity index (χ3v) is 6.79. The van der Waals surface area contributed by atoms with E-state index in [-0.39, 0.29) is 30.7 Å². The van der Waals surface area contributed by atoms with Crippen molar-refractivity contribution in [1.29, 1.82) is 0 Å². The van der Waals surface area contributed by atoms with Crippen molar-refractivity contribution in [1.82, 2.24) is 19.5 Å². The molecule has 186 valence electrons. The summed E-state index contributed by atoms with van der Waals surface area (Å²) in [7, 11) is -2.42. The van der Waals surface area contributed by atoms with Gasteiger partial charge in [0, 0.05) is 12.7 Å². The molecule has 0 unspecified atom stereocenters. The fourth-order valence-corrected chi connectivity index (χ4v) is 4.99. The van der Waals surface area contributed by atoms with Gasteiger partial charge in [-0.05, 0) is 26.0 Å². The van der Waals surface area contributed by atoms with E-state index in [0.29, 0.717) is 16.7 Å². The van der Waals surface area contributed by atoms with Crippen molar-refractivity contribution in [3.05, 3.63) is 60.9 Å². The van der Waals surface area contributed by atoms with Gasteiger partial charge in [-0.15, -0.1) is 0 Å². The average Bonchev–Trinajstić information content (AvgIpc) is 3.41. The Morgan fingerprint density at radius 1 is 1.17 bits per heavy atom. The zero-order valence-electron chi connectivity index (χ0n) is 19.5. The number of fused-ring (bicyclic) bond motifs is 1. The lowest BCUT2D eigenvalue weighted by Gasteiger charge is -2.24. The summed E-state index contributed by atoms with van der Waals surface area (Å²) in [6.07, 6.45) is 0.233. The molecule has 0 bridgehead atoms. The number of phosphoric ester groups is 1. The Labute approximate surface area is 201 Å². The minimum absolute atomic E-state index is 0.124. The predicted molar refractivity (Wildman–Crippen MR) is 126 cm³/mol. The van der Waals surface area contributed by atoms with E-state index >= 15 is 0 Å². The topological polar surface area (TPSA) is 136 Å². The summed E-state index contributed by atoms with van der Waals surface area (Å²) >= 11 is 0. The molecule has 13 heteroatoms. The Morgan fingerprint density at radius 3 is 2.54 bits per heavy atom. The molecule has 2 aromatic heterocycles. The van der Waals surface area contributed by atoms with Gasteiger partial charge in [0.25, 0.3) is 5.91 Å². The SMILES string of the molecule is C=C1O[C@@H](n2cnc3c(NC(=O)c4ccccc4)ncnc32)[C@H](OC)[C@@H]1OP(=O)(OCC)OCC. The standard InChI is InChI=1S/C22H26N5O7P/c1-5-31-35(29,32-6-2)34-17-14(3)33-22(18(17)30-4)27-13-25-16-19(23-12-24-20(16)27)26-21(28)15-10-8-7-9-11-15/h7-13,17-18,22H,3,5-6H2,1-2,4H3,(H,23,24,26,28)/t17-,18-,22-/m1/s1. The first-order valence-electron chi connectivity index (χ1n) is 10.9. The van der Waals surface area contributed by atoms with Gasteiger partial charge in [-0.25, -0.2) is 19.5 Å². The van der Waals surface area contributed by atoms with E-state index in [1.165, 1.54) is 19.8 Å². The molecular formula is C22H26N5O7P. The molecule has 0 spiro atoms. The van der Waals surface area contributed by atoms with Crippen molar-refractivity contribution in [2.45, 2.75) is 32.3 Å². The maximum absolute atomic E-state index is 12.9. The van der Waals surface area contributed by atoms with Crippen LogP contribution in [0.2, 0.25) is 0 Å². The molecule has 1 N–H and O–H groups in total. The lowest BCUT2D eigenvalue weighted by atomic mass is 10.2. The second-order valence-electron chi connectivity index (χ2n) is 7.35.